The first-order valence-electron chi connectivity index (χ1n) is 7.23. The monoisotopic (exact) mass is 308 g/mol. The van der Waals surface area contributed by atoms with Gasteiger partial charge in [0.25, 0.3) is 0 Å². The molecule has 0 aromatic heterocycles. The minimum Gasteiger partial charge on any atom is -0.504 e. The molecule has 0 radical (unpaired) electrons. The minimum absolute atomic E-state index is 0.00533. The maximum atomic E-state index is 12.1. The van der Waals surface area contributed by atoms with Gasteiger partial charge in [-0.2, -0.15) is 0 Å². The number of Topliss-reactive ketones (excluding diaryl/α,β-unsaturated/α-hetero) is 1. The van der Waals surface area contributed by atoms with Gasteiger partial charge in [-0.15, -0.1) is 0 Å². The summed E-state index contributed by atoms with van der Waals surface area (Å²) in [6.45, 7) is 0. The number of hydrogen-bond donors (Lipinski definition) is 1. The topological polar surface area (TPSA) is 82.1 Å². The standard InChI is InChI=1S/C16H20O6/c1-20-13-8-7-11(12(17)9-14(18)21-2)15(19)16(13)22-10-5-3-4-6-10/h7-8,10,19H,3-6,9H2,1-2H3. The summed E-state index contributed by atoms with van der Waals surface area (Å²) < 4.78 is 15.5. The second-order valence-corrected chi connectivity index (χ2v) is 5.19. The molecule has 1 aromatic carbocycles. The summed E-state index contributed by atoms with van der Waals surface area (Å²) >= 11 is 0. The first-order chi connectivity index (χ1) is 10.6. The Kier molecular flexibility index (Phi) is 5.25. The predicted octanol–water partition coefficient (Wildman–Crippen LogP) is 2.47. The lowest BCUT2D eigenvalue weighted by molar-refractivity contribution is -0.139. The van der Waals surface area contributed by atoms with Crippen LogP contribution in [0.3, 0.4) is 0 Å². The van der Waals surface area contributed by atoms with E-state index >= 15 is 0 Å². The lowest BCUT2D eigenvalue weighted by Crippen LogP contribution is -2.14. The summed E-state index contributed by atoms with van der Waals surface area (Å²) in [6, 6.07) is 2.97. The van der Waals surface area contributed by atoms with E-state index in [1.807, 2.05) is 0 Å². The Bertz CT molecular complexity index is 560. The van der Waals surface area contributed by atoms with Crippen molar-refractivity contribution in [3.8, 4) is 17.2 Å². The lowest BCUT2D eigenvalue weighted by atomic mass is 10.1. The van der Waals surface area contributed by atoms with E-state index in [2.05, 4.69) is 4.74 Å². The number of ether oxygens (including phenoxy) is 3. The fourth-order valence-electron chi connectivity index (χ4n) is 2.52. The number of benzene rings is 1. The molecule has 0 bridgehead atoms. The number of rotatable bonds is 6. The molecule has 2 rings (SSSR count). The zero-order valence-corrected chi connectivity index (χ0v) is 12.8. The van der Waals surface area contributed by atoms with Gasteiger partial charge >= 0.3 is 5.97 Å². The average Bonchev–Trinajstić information content (AvgIpc) is 3.01. The Labute approximate surface area is 129 Å². The van der Waals surface area contributed by atoms with Crippen molar-refractivity contribution in [1.82, 2.24) is 0 Å². The van der Waals surface area contributed by atoms with Crippen LogP contribution in [0.25, 0.3) is 0 Å². The minimum atomic E-state index is -0.654. The first kappa shape index (κ1) is 16.1. The highest BCUT2D eigenvalue weighted by atomic mass is 16.5. The fourth-order valence-corrected chi connectivity index (χ4v) is 2.52. The molecule has 1 N–H and O–H groups in total. The van der Waals surface area contributed by atoms with E-state index in [0.717, 1.165) is 25.7 Å². The third kappa shape index (κ3) is 3.50. The summed E-state index contributed by atoms with van der Waals surface area (Å²) in [4.78, 5) is 23.3. The van der Waals surface area contributed by atoms with Crippen molar-refractivity contribution in [2.24, 2.45) is 0 Å². The second-order valence-electron chi connectivity index (χ2n) is 5.19. The zero-order valence-electron chi connectivity index (χ0n) is 12.8. The normalized spacial score (nSPS) is 14.6. The Balaban J connectivity index is 2.28. The van der Waals surface area contributed by atoms with Crippen molar-refractivity contribution in [3.63, 3.8) is 0 Å². The molecule has 22 heavy (non-hydrogen) atoms. The quantitative estimate of drug-likeness (QED) is 0.494. The van der Waals surface area contributed by atoms with Crippen molar-refractivity contribution >= 4 is 11.8 Å². The van der Waals surface area contributed by atoms with Crippen LogP contribution in [0.15, 0.2) is 12.1 Å². The third-order valence-electron chi connectivity index (χ3n) is 3.73. The van der Waals surface area contributed by atoms with Crippen LogP contribution in [0.5, 0.6) is 17.2 Å². The number of phenols is 1. The van der Waals surface area contributed by atoms with Gasteiger partial charge in [0.2, 0.25) is 5.75 Å². The molecule has 0 atom stereocenters. The van der Waals surface area contributed by atoms with Gasteiger partial charge in [0.15, 0.2) is 17.3 Å². The molecule has 0 spiro atoms. The Hall–Kier alpha value is -2.24. The van der Waals surface area contributed by atoms with Gasteiger partial charge in [-0.1, -0.05) is 0 Å². The van der Waals surface area contributed by atoms with E-state index in [0.29, 0.717) is 5.75 Å². The van der Waals surface area contributed by atoms with Crippen LogP contribution in [-0.2, 0) is 9.53 Å². The van der Waals surface area contributed by atoms with Crippen molar-refractivity contribution in [2.45, 2.75) is 38.2 Å². The second kappa shape index (κ2) is 7.15. The van der Waals surface area contributed by atoms with Crippen molar-refractivity contribution in [3.05, 3.63) is 17.7 Å². The average molecular weight is 308 g/mol. The van der Waals surface area contributed by atoms with Crippen LogP contribution < -0.4 is 9.47 Å². The van der Waals surface area contributed by atoms with Crippen LogP contribution in [0.4, 0.5) is 0 Å². The van der Waals surface area contributed by atoms with E-state index in [4.69, 9.17) is 9.47 Å². The van der Waals surface area contributed by atoms with Crippen LogP contribution in [0.1, 0.15) is 42.5 Å². The molecule has 1 aliphatic rings. The van der Waals surface area contributed by atoms with Crippen molar-refractivity contribution in [2.75, 3.05) is 14.2 Å². The summed E-state index contributed by atoms with van der Waals surface area (Å²) in [5.41, 5.74) is 0.0270. The molecule has 120 valence electrons. The Morgan fingerprint density at radius 1 is 1.23 bits per heavy atom. The molecule has 0 heterocycles. The summed E-state index contributed by atoms with van der Waals surface area (Å²) in [7, 11) is 2.67. The number of esters is 1. The number of aromatic hydroxyl groups is 1. The van der Waals surface area contributed by atoms with Crippen molar-refractivity contribution < 1.29 is 28.9 Å². The van der Waals surface area contributed by atoms with E-state index in [1.54, 1.807) is 6.07 Å². The molecule has 1 saturated carbocycles. The van der Waals surface area contributed by atoms with Crippen LogP contribution in [0.2, 0.25) is 0 Å². The Morgan fingerprint density at radius 2 is 1.91 bits per heavy atom. The number of ketones is 1. The number of carbonyl (C=O) groups excluding carboxylic acids is 2. The lowest BCUT2D eigenvalue weighted by Gasteiger charge is -2.18. The van der Waals surface area contributed by atoms with Gasteiger partial charge in [-0.25, -0.2) is 0 Å². The van der Waals surface area contributed by atoms with E-state index in [-0.39, 0.29) is 23.2 Å². The van der Waals surface area contributed by atoms with E-state index in [1.165, 1.54) is 20.3 Å². The van der Waals surface area contributed by atoms with Gasteiger partial charge < -0.3 is 19.3 Å². The SMILES string of the molecule is COC(=O)CC(=O)c1ccc(OC)c(OC2CCCC2)c1O. The molecule has 6 heteroatoms. The Morgan fingerprint density at radius 3 is 2.50 bits per heavy atom. The molecule has 6 nitrogen and oxygen atoms in total. The number of carbonyl (C=O) groups is 2. The van der Waals surface area contributed by atoms with Gasteiger partial charge in [-0.3, -0.25) is 9.59 Å². The molecule has 0 aliphatic heterocycles. The number of methoxy groups -OCH3 is 2. The summed E-state index contributed by atoms with van der Waals surface area (Å²) in [6.07, 6.45) is 3.54. The zero-order chi connectivity index (χ0) is 16.1. The highest BCUT2D eigenvalue weighted by Gasteiger charge is 2.25. The van der Waals surface area contributed by atoms with Gasteiger partial charge in [-0.05, 0) is 37.8 Å². The highest BCUT2D eigenvalue weighted by molar-refractivity contribution is 6.08. The maximum Gasteiger partial charge on any atom is 0.313 e. The number of hydrogen-bond acceptors (Lipinski definition) is 6. The fraction of sp³-hybridized carbons (Fsp3) is 0.500. The molecule has 0 saturated heterocycles. The summed E-state index contributed by atoms with van der Waals surface area (Å²) in [5.74, 6) is -0.953. The molecule has 0 amide bonds. The highest BCUT2D eigenvalue weighted by Crippen LogP contribution is 2.41. The molecule has 1 aliphatic carbocycles. The van der Waals surface area contributed by atoms with E-state index in [9.17, 15) is 14.7 Å². The molecular weight excluding hydrogens is 288 g/mol. The van der Waals surface area contributed by atoms with Crippen LogP contribution in [0, 0.1) is 0 Å². The first-order valence-corrected chi connectivity index (χ1v) is 7.23. The number of phenolic OH excluding ortho intramolecular Hbond substituents is 1. The molecular formula is C16H20O6. The van der Waals surface area contributed by atoms with Crippen molar-refractivity contribution in [1.29, 1.82) is 0 Å². The summed E-state index contributed by atoms with van der Waals surface area (Å²) in [5, 5.41) is 10.3. The molecule has 1 fully saturated rings. The molecule has 1 aromatic rings. The van der Waals surface area contributed by atoms with Crippen LogP contribution >= 0.6 is 0 Å². The maximum absolute atomic E-state index is 12.1. The van der Waals surface area contributed by atoms with E-state index < -0.39 is 18.2 Å². The third-order valence-corrected chi connectivity index (χ3v) is 3.73. The smallest absolute Gasteiger partial charge is 0.313 e. The van der Waals surface area contributed by atoms with Gasteiger partial charge in [0.1, 0.15) is 6.42 Å². The van der Waals surface area contributed by atoms with Gasteiger partial charge in [0.05, 0.1) is 25.9 Å². The largest absolute Gasteiger partial charge is 0.504 e. The molecule has 0 unspecified atom stereocenters. The van der Waals surface area contributed by atoms with Gasteiger partial charge in [0, 0.05) is 0 Å². The predicted molar refractivity (Wildman–Crippen MR) is 78.5 cm³/mol. The van der Waals surface area contributed by atoms with Crippen LogP contribution in [-0.4, -0.2) is 37.2 Å².